The minimum Gasteiger partial charge on any atom is -0.141 e. The van der Waals surface area contributed by atoms with Gasteiger partial charge in [0.1, 0.15) is 0 Å². The van der Waals surface area contributed by atoms with Crippen LogP contribution in [-0.2, 0) is 0 Å². The van der Waals surface area contributed by atoms with E-state index in [1.165, 1.54) is 60.6 Å². The summed E-state index contributed by atoms with van der Waals surface area (Å²) in [6.07, 6.45) is 0. The third-order valence-electron chi connectivity index (χ3n) is 4.68. The predicted octanol–water partition coefficient (Wildman–Crippen LogP) is 8.81. The van der Waals surface area contributed by atoms with Crippen molar-refractivity contribution in [2.75, 3.05) is 0 Å². The van der Waals surface area contributed by atoms with Crippen molar-refractivity contribution in [2.24, 2.45) is 0 Å². The van der Waals surface area contributed by atoms with Crippen molar-refractivity contribution in [3.8, 4) is 20.9 Å². The van der Waals surface area contributed by atoms with E-state index in [0.29, 0.717) is 0 Å². The number of rotatable bonds is 2. The fourth-order valence-electron chi connectivity index (χ4n) is 3.64. The van der Waals surface area contributed by atoms with E-state index in [-0.39, 0.29) is 0 Å². The first kappa shape index (κ1) is 16.7. The van der Waals surface area contributed by atoms with Gasteiger partial charge in [-0.15, -0.1) is 45.3 Å². The Balaban J connectivity index is 2.00. The Kier molecular flexibility index (Phi) is 3.87. The molecule has 4 aromatic heterocycles. The van der Waals surface area contributed by atoms with Crippen molar-refractivity contribution in [1.82, 2.24) is 0 Å². The Morgan fingerprint density at radius 1 is 0.500 bits per heavy atom. The van der Waals surface area contributed by atoms with E-state index in [9.17, 15) is 0 Å². The molecule has 5 aromatic rings. The molecule has 0 aliphatic carbocycles. The molecule has 0 spiro atoms. The van der Waals surface area contributed by atoms with Crippen LogP contribution in [0.3, 0.4) is 0 Å². The van der Waals surface area contributed by atoms with Crippen molar-refractivity contribution in [1.29, 1.82) is 0 Å². The molecule has 1 aromatic carbocycles. The van der Waals surface area contributed by atoms with E-state index in [1.54, 1.807) is 0 Å². The van der Waals surface area contributed by atoms with Gasteiger partial charge in [-0.2, -0.15) is 0 Å². The van der Waals surface area contributed by atoms with Gasteiger partial charge in [0.15, 0.2) is 0 Å². The molecule has 0 aliphatic rings. The van der Waals surface area contributed by atoms with Crippen LogP contribution in [0.15, 0.2) is 36.4 Å². The van der Waals surface area contributed by atoms with E-state index in [0.717, 1.165) is 0 Å². The monoisotopic (exact) mass is 410 g/mol. The van der Waals surface area contributed by atoms with Crippen LogP contribution < -0.4 is 0 Å². The molecular weight excluding hydrogens is 393 g/mol. The highest BCUT2D eigenvalue weighted by molar-refractivity contribution is 7.23. The molecule has 130 valence electrons. The number of hydrogen-bond donors (Lipinski definition) is 0. The van der Waals surface area contributed by atoms with Gasteiger partial charge in [0.2, 0.25) is 0 Å². The zero-order valence-corrected chi connectivity index (χ0v) is 18.4. The Bertz CT molecular complexity index is 1120. The van der Waals surface area contributed by atoms with E-state index >= 15 is 0 Å². The van der Waals surface area contributed by atoms with Crippen LogP contribution in [0.1, 0.15) is 19.5 Å². The number of thiophene rings is 4. The first-order chi connectivity index (χ1) is 12.5. The lowest BCUT2D eigenvalue weighted by Crippen LogP contribution is -1.81. The fourth-order valence-corrected chi connectivity index (χ4v) is 7.82. The molecule has 5 rings (SSSR count). The summed E-state index contributed by atoms with van der Waals surface area (Å²) in [4.78, 5) is 8.31. The summed E-state index contributed by atoms with van der Waals surface area (Å²) in [5.74, 6) is 0. The molecule has 0 saturated carbocycles. The highest BCUT2D eigenvalue weighted by Crippen LogP contribution is 2.51. The Labute approximate surface area is 169 Å². The lowest BCUT2D eigenvalue weighted by Gasteiger charge is -2.09. The first-order valence-electron chi connectivity index (χ1n) is 8.61. The normalized spacial score (nSPS) is 11.8. The lowest BCUT2D eigenvalue weighted by atomic mass is 10.00. The van der Waals surface area contributed by atoms with Crippen LogP contribution in [0.25, 0.3) is 41.1 Å². The maximum Gasteiger partial charge on any atom is 0.0445 e. The van der Waals surface area contributed by atoms with Gasteiger partial charge in [0, 0.05) is 60.6 Å². The van der Waals surface area contributed by atoms with Gasteiger partial charge in [0.25, 0.3) is 0 Å². The molecule has 4 heteroatoms. The molecule has 0 N–H and O–H groups in total. The molecule has 0 atom stereocenters. The summed E-state index contributed by atoms with van der Waals surface area (Å²) in [6.45, 7) is 8.86. The number of aryl methyl sites for hydroxylation is 4. The summed E-state index contributed by atoms with van der Waals surface area (Å²) in [5, 5.41) is 2.84. The average Bonchev–Trinajstić information content (AvgIpc) is 3.33. The Morgan fingerprint density at radius 3 is 1.27 bits per heavy atom. The standard InChI is InChI=1S/C22H18S4/c1-11-5-7-17(23-11)19-15-9-13(3)26-22(15)20(18-8-6-12(2)24-18)16-10-14(4)25-21(16)19/h5-10H,1-4H3. The third-order valence-corrected chi connectivity index (χ3v) is 8.85. The smallest absolute Gasteiger partial charge is 0.0445 e. The summed E-state index contributed by atoms with van der Waals surface area (Å²) < 4.78 is 2.88. The van der Waals surface area contributed by atoms with Crippen LogP contribution in [0.2, 0.25) is 0 Å². The second-order valence-electron chi connectivity index (χ2n) is 6.77. The zero-order chi connectivity index (χ0) is 18.0. The first-order valence-corrected chi connectivity index (χ1v) is 11.9. The van der Waals surface area contributed by atoms with Crippen molar-refractivity contribution in [3.63, 3.8) is 0 Å². The summed E-state index contributed by atoms with van der Waals surface area (Å²) in [5.41, 5.74) is 2.88. The minimum atomic E-state index is 1.37. The van der Waals surface area contributed by atoms with Gasteiger partial charge in [0.05, 0.1) is 0 Å². The average molecular weight is 411 g/mol. The number of benzene rings is 1. The molecule has 0 fully saturated rings. The predicted molar refractivity (Wildman–Crippen MR) is 123 cm³/mol. The minimum absolute atomic E-state index is 1.37. The van der Waals surface area contributed by atoms with Crippen LogP contribution in [0.4, 0.5) is 0 Å². The van der Waals surface area contributed by atoms with Crippen LogP contribution in [-0.4, -0.2) is 0 Å². The van der Waals surface area contributed by atoms with E-state index < -0.39 is 0 Å². The van der Waals surface area contributed by atoms with Crippen LogP contribution in [0, 0.1) is 27.7 Å². The van der Waals surface area contributed by atoms with Gasteiger partial charge in [-0.3, -0.25) is 0 Å². The summed E-state index contributed by atoms with van der Waals surface area (Å²) in [6, 6.07) is 13.9. The number of hydrogen-bond acceptors (Lipinski definition) is 4. The quantitative estimate of drug-likeness (QED) is 0.273. The molecule has 0 radical (unpaired) electrons. The van der Waals surface area contributed by atoms with Gasteiger partial charge >= 0.3 is 0 Å². The molecule has 0 aliphatic heterocycles. The molecule has 0 unspecified atom stereocenters. The van der Waals surface area contributed by atoms with E-state index in [2.05, 4.69) is 64.1 Å². The topological polar surface area (TPSA) is 0 Å². The van der Waals surface area contributed by atoms with E-state index in [1.807, 2.05) is 45.3 Å². The van der Waals surface area contributed by atoms with Gasteiger partial charge < -0.3 is 0 Å². The number of fused-ring (bicyclic) bond motifs is 2. The van der Waals surface area contributed by atoms with E-state index in [4.69, 9.17) is 0 Å². The molecular formula is C22H18S4. The summed E-state index contributed by atoms with van der Waals surface area (Å²) >= 11 is 7.69. The third kappa shape index (κ3) is 2.51. The highest BCUT2D eigenvalue weighted by Gasteiger charge is 2.21. The summed E-state index contributed by atoms with van der Waals surface area (Å²) in [7, 11) is 0. The Hall–Kier alpha value is -1.46. The molecule has 0 bridgehead atoms. The van der Waals surface area contributed by atoms with Crippen molar-refractivity contribution < 1.29 is 0 Å². The van der Waals surface area contributed by atoms with Crippen molar-refractivity contribution in [2.45, 2.75) is 27.7 Å². The second kappa shape index (κ2) is 6.03. The van der Waals surface area contributed by atoms with Gasteiger partial charge in [-0.25, -0.2) is 0 Å². The van der Waals surface area contributed by atoms with Crippen molar-refractivity contribution in [3.05, 3.63) is 55.9 Å². The highest BCUT2D eigenvalue weighted by atomic mass is 32.1. The van der Waals surface area contributed by atoms with Crippen LogP contribution in [0.5, 0.6) is 0 Å². The second-order valence-corrected chi connectivity index (χ2v) is 11.9. The molecule has 0 saturated heterocycles. The largest absolute Gasteiger partial charge is 0.141 e. The Morgan fingerprint density at radius 2 is 0.923 bits per heavy atom. The molecule has 4 heterocycles. The SMILES string of the molecule is Cc1ccc(-c2c3cc(C)sc3c(-c3ccc(C)s3)c3cc(C)sc23)s1. The van der Waals surface area contributed by atoms with Crippen molar-refractivity contribution >= 4 is 65.5 Å². The molecule has 26 heavy (non-hydrogen) atoms. The van der Waals surface area contributed by atoms with Gasteiger partial charge in [-0.1, -0.05) is 0 Å². The zero-order valence-electron chi connectivity index (χ0n) is 15.1. The maximum absolute atomic E-state index is 2.39. The molecule has 0 nitrogen and oxygen atoms in total. The van der Waals surface area contributed by atoms with Crippen LogP contribution >= 0.6 is 45.3 Å². The fraction of sp³-hybridized carbons (Fsp3) is 0.182. The molecule has 0 amide bonds. The maximum atomic E-state index is 2.39. The lowest BCUT2D eigenvalue weighted by molar-refractivity contribution is 1.64. The van der Waals surface area contributed by atoms with Gasteiger partial charge in [-0.05, 0) is 64.1 Å².